The van der Waals surface area contributed by atoms with Crippen molar-refractivity contribution in [1.29, 1.82) is 0 Å². The zero-order valence-electron chi connectivity index (χ0n) is 13.0. The van der Waals surface area contributed by atoms with Crippen LogP contribution in [0.3, 0.4) is 0 Å². The number of carbonyl (C=O) groups is 1. The van der Waals surface area contributed by atoms with Crippen molar-refractivity contribution in [3.63, 3.8) is 0 Å². The molecule has 1 aliphatic rings. The minimum atomic E-state index is -0.970. The van der Waals surface area contributed by atoms with Crippen molar-refractivity contribution in [3.8, 4) is 5.06 Å². The van der Waals surface area contributed by atoms with Gasteiger partial charge < -0.3 is 9.84 Å². The van der Waals surface area contributed by atoms with Crippen LogP contribution in [0.15, 0.2) is 30.3 Å². The van der Waals surface area contributed by atoms with Crippen LogP contribution in [0.4, 0.5) is 0 Å². The number of halogens is 1. The molecule has 1 aromatic carbocycles. The molecule has 0 spiro atoms. The second-order valence-corrected chi connectivity index (χ2v) is 7.27. The van der Waals surface area contributed by atoms with E-state index in [-0.39, 0.29) is 5.97 Å². The number of hydrogen-bond acceptors (Lipinski definition) is 5. The van der Waals surface area contributed by atoms with E-state index in [1.165, 1.54) is 23.3 Å². The predicted octanol–water partition coefficient (Wildman–Crippen LogP) is 3.55. The van der Waals surface area contributed by atoms with Crippen LogP contribution in [0.2, 0.25) is 5.02 Å². The fraction of sp³-hybridized carbons (Fsp3) is 0.353. The number of ether oxygens (including phenoxy) is 1. The second kappa shape index (κ2) is 6.15. The molecule has 0 amide bonds. The van der Waals surface area contributed by atoms with Crippen molar-refractivity contribution in [2.45, 2.75) is 25.4 Å². The Hall–Kier alpha value is -1.56. The van der Waals surface area contributed by atoms with Gasteiger partial charge in [0.25, 0.3) is 0 Å². The summed E-state index contributed by atoms with van der Waals surface area (Å²) in [5.41, 5.74) is 0.819. The van der Waals surface area contributed by atoms with E-state index in [4.69, 9.17) is 16.3 Å². The van der Waals surface area contributed by atoms with Crippen molar-refractivity contribution in [2.24, 2.45) is 0 Å². The molecule has 0 saturated carbocycles. The molecule has 2 aromatic rings. The van der Waals surface area contributed by atoms with E-state index in [1.54, 1.807) is 12.1 Å². The van der Waals surface area contributed by atoms with Crippen LogP contribution in [0.5, 0.6) is 5.06 Å². The molecule has 0 saturated heterocycles. The number of hydrogen-bond donors (Lipinski definition) is 1. The highest BCUT2D eigenvalue weighted by Crippen LogP contribution is 2.40. The fourth-order valence-electron chi connectivity index (χ4n) is 3.16. The summed E-state index contributed by atoms with van der Waals surface area (Å²) in [5.74, 6) is -0.339. The summed E-state index contributed by atoms with van der Waals surface area (Å²) in [6, 6.07) is 9.13. The summed E-state index contributed by atoms with van der Waals surface area (Å²) in [4.78, 5) is 15.9. The van der Waals surface area contributed by atoms with E-state index in [2.05, 4.69) is 4.90 Å². The molecule has 1 unspecified atom stereocenters. The lowest BCUT2D eigenvalue weighted by atomic mass is 9.88. The maximum atomic E-state index is 12.6. The molecule has 4 nitrogen and oxygen atoms in total. The van der Waals surface area contributed by atoms with Gasteiger partial charge in [0.05, 0.1) is 7.11 Å². The molecule has 6 heteroatoms. The Balaban J connectivity index is 2.04. The van der Waals surface area contributed by atoms with E-state index in [9.17, 15) is 9.90 Å². The number of methoxy groups -OCH3 is 1. The summed E-state index contributed by atoms with van der Waals surface area (Å²) in [5, 5.41) is 10.6. The lowest BCUT2D eigenvalue weighted by molar-refractivity contribution is -0.156. The van der Waals surface area contributed by atoms with Crippen LogP contribution in [0.1, 0.15) is 22.9 Å². The van der Waals surface area contributed by atoms with Gasteiger partial charge in [0.2, 0.25) is 0 Å². The van der Waals surface area contributed by atoms with Gasteiger partial charge in [0.15, 0.2) is 5.06 Å². The number of rotatable bonds is 3. The number of aromatic hydroxyl groups is 1. The van der Waals surface area contributed by atoms with Gasteiger partial charge in [-0.1, -0.05) is 29.8 Å². The molecule has 122 valence electrons. The zero-order valence-corrected chi connectivity index (χ0v) is 14.6. The van der Waals surface area contributed by atoms with Crippen molar-refractivity contribution < 1.29 is 14.6 Å². The largest absolute Gasteiger partial charge is 0.499 e. The monoisotopic (exact) mass is 351 g/mol. The van der Waals surface area contributed by atoms with E-state index in [0.717, 1.165) is 17.5 Å². The minimum absolute atomic E-state index is 0.314. The van der Waals surface area contributed by atoms with Gasteiger partial charge in [-0.3, -0.25) is 4.90 Å². The van der Waals surface area contributed by atoms with Crippen LogP contribution >= 0.6 is 22.9 Å². The van der Waals surface area contributed by atoms with Gasteiger partial charge in [0.1, 0.15) is 5.54 Å². The number of esters is 1. The number of fused-ring (bicyclic) bond motifs is 1. The SMILES string of the molecule is COC(=O)C(C)(c1ccccc1Cl)N1CCc2sc(O)cc2C1. The highest BCUT2D eigenvalue weighted by molar-refractivity contribution is 7.13. The summed E-state index contributed by atoms with van der Waals surface area (Å²) < 4.78 is 5.09. The maximum Gasteiger partial charge on any atom is 0.330 e. The van der Waals surface area contributed by atoms with Gasteiger partial charge >= 0.3 is 5.97 Å². The minimum Gasteiger partial charge on any atom is -0.499 e. The number of thiophene rings is 1. The van der Waals surface area contributed by atoms with E-state index in [0.29, 0.717) is 23.2 Å². The van der Waals surface area contributed by atoms with Crippen LogP contribution < -0.4 is 0 Å². The maximum absolute atomic E-state index is 12.6. The molecule has 1 N–H and O–H groups in total. The topological polar surface area (TPSA) is 49.8 Å². The van der Waals surface area contributed by atoms with Crippen LogP contribution in [0.25, 0.3) is 0 Å². The first-order valence-corrected chi connectivity index (χ1v) is 8.55. The van der Waals surface area contributed by atoms with Crippen LogP contribution in [-0.4, -0.2) is 29.6 Å². The third-order valence-electron chi connectivity index (χ3n) is 4.47. The summed E-state index contributed by atoms with van der Waals surface area (Å²) in [6.45, 7) is 3.12. The molecule has 3 rings (SSSR count). The Labute approximate surface area is 144 Å². The molecular weight excluding hydrogens is 334 g/mol. The molecule has 1 aromatic heterocycles. The Kier molecular flexibility index (Phi) is 4.36. The lowest BCUT2D eigenvalue weighted by Gasteiger charge is -2.41. The molecule has 23 heavy (non-hydrogen) atoms. The lowest BCUT2D eigenvalue weighted by Crippen LogP contribution is -2.52. The average molecular weight is 352 g/mol. The summed E-state index contributed by atoms with van der Waals surface area (Å²) >= 11 is 7.76. The number of carbonyl (C=O) groups excluding carboxylic acids is 1. The van der Waals surface area contributed by atoms with Crippen LogP contribution in [-0.2, 0) is 28.0 Å². The highest BCUT2D eigenvalue weighted by atomic mass is 35.5. The molecular formula is C17H18ClNO3S. The molecule has 0 fully saturated rings. The van der Waals surface area contributed by atoms with Crippen molar-refractivity contribution in [2.75, 3.05) is 13.7 Å². The normalized spacial score (nSPS) is 17.3. The first kappa shape index (κ1) is 16.3. The summed E-state index contributed by atoms with van der Waals surface area (Å²) in [6.07, 6.45) is 0.789. The first-order chi connectivity index (χ1) is 11.0. The Bertz CT molecular complexity index is 745. The standard InChI is InChI=1S/C17H18ClNO3S/c1-17(16(21)22-2,12-5-3-4-6-13(12)18)19-8-7-14-11(10-19)9-15(20)23-14/h3-6,9,20H,7-8,10H2,1-2H3. The molecule has 0 aliphatic carbocycles. The molecule has 1 atom stereocenters. The highest BCUT2D eigenvalue weighted by Gasteiger charge is 2.44. The number of benzene rings is 1. The zero-order chi connectivity index (χ0) is 16.6. The van der Waals surface area contributed by atoms with Crippen molar-refractivity contribution in [1.82, 2.24) is 4.90 Å². The van der Waals surface area contributed by atoms with Gasteiger partial charge in [0, 0.05) is 28.6 Å². The smallest absolute Gasteiger partial charge is 0.330 e. The molecule has 1 aliphatic heterocycles. The van der Waals surface area contributed by atoms with E-state index < -0.39 is 5.54 Å². The van der Waals surface area contributed by atoms with Crippen LogP contribution in [0, 0.1) is 0 Å². The third kappa shape index (κ3) is 2.73. The Morgan fingerprint density at radius 3 is 2.87 bits per heavy atom. The Morgan fingerprint density at radius 1 is 1.43 bits per heavy atom. The van der Waals surface area contributed by atoms with Crippen molar-refractivity contribution >= 4 is 28.9 Å². The van der Waals surface area contributed by atoms with Gasteiger partial charge in [-0.2, -0.15) is 0 Å². The van der Waals surface area contributed by atoms with Gasteiger partial charge in [-0.15, -0.1) is 11.3 Å². The second-order valence-electron chi connectivity index (χ2n) is 5.75. The third-order valence-corrected chi connectivity index (χ3v) is 5.84. The number of nitrogens with zero attached hydrogens (tertiary/aromatic N) is 1. The molecule has 2 heterocycles. The summed E-state index contributed by atoms with van der Waals surface area (Å²) in [7, 11) is 1.39. The van der Waals surface area contributed by atoms with Gasteiger partial charge in [-0.05, 0) is 31.0 Å². The molecule has 0 bridgehead atoms. The van der Waals surface area contributed by atoms with E-state index in [1.807, 2.05) is 25.1 Å². The predicted molar refractivity (Wildman–Crippen MR) is 90.9 cm³/mol. The first-order valence-electron chi connectivity index (χ1n) is 7.36. The fourth-order valence-corrected chi connectivity index (χ4v) is 4.38. The average Bonchev–Trinajstić information content (AvgIpc) is 2.92. The van der Waals surface area contributed by atoms with E-state index >= 15 is 0 Å². The molecule has 0 radical (unpaired) electrons. The van der Waals surface area contributed by atoms with Crippen molar-refractivity contribution in [3.05, 3.63) is 51.4 Å². The van der Waals surface area contributed by atoms with Gasteiger partial charge in [-0.25, -0.2) is 4.79 Å². The Morgan fingerprint density at radius 2 is 2.17 bits per heavy atom. The quantitative estimate of drug-likeness (QED) is 0.859.